The predicted molar refractivity (Wildman–Crippen MR) is 106 cm³/mol. The zero-order chi connectivity index (χ0) is 18.8. The molecule has 1 saturated heterocycles. The topological polar surface area (TPSA) is 23.6 Å². The number of hydrogen-bond acceptors (Lipinski definition) is 2. The second-order valence-electron chi connectivity index (χ2n) is 7.84. The second kappa shape index (κ2) is 8.28. The average molecular weight is 385 g/mol. The maximum Gasteiger partial charge on any atom is 0.226 e. The Balaban J connectivity index is 1.95. The highest BCUT2D eigenvalue weighted by molar-refractivity contribution is 6.42. The molecule has 0 saturated carbocycles. The molecule has 25 heavy (non-hydrogen) atoms. The molecule has 1 fully saturated rings. The lowest BCUT2D eigenvalue weighted by atomic mass is 9.66. The Morgan fingerprint density at radius 2 is 2.00 bits per heavy atom. The van der Waals surface area contributed by atoms with Crippen LogP contribution in [0.1, 0.15) is 39.2 Å². The van der Waals surface area contributed by atoms with Crippen molar-refractivity contribution in [1.82, 2.24) is 9.80 Å². The van der Waals surface area contributed by atoms with Gasteiger partial charge in [0.2, 0.25) is 5.91 Å². The summed E-state index contributed by atoms with van der Waals surface area (Å²) in [6, 6.07) is 5.91. The van der Waals surface area contributed by atoms with Gasteiger partial charge in [0, 0.05) is 19.6 Å². The van der Waals surface area contributed by atoms with Gasteiger partial charge in [-0.2, -0.15) is 0 Å². The molecule has 1 aliphatic heterocycles. The molecule has 5 heteroatoms. The first kappa shape index (κ1) is 20.5. The van der Waals surface area contributed by atoms with Crippen LogP contribution in [0.4, 0.5) is 0 Å². The number of benzene rings is 1. The van der Waals surface area contributed by atoms with Crippen LogP contribution >= 0.6 is 23.2 Å². The summed E-state index contributed by atoms with van der Waals surface area (Å²) in [4.78, 5) is 16.8. The molecule has 3 atom stereocenters. The normalized spacial score (nSPS) is 27.3. The lowest BCUT2D eigenvalue weighted by Crippen LogP contribution is -2.52. The fourth-order valence-electron chi connectivity index (χ4n) is 3.78. The SMILES string of the molecule is C[C@@H]1CCN(C)[C@@H](C)[C@]1(C)CCN(C)C(=O)Cc1ccc(Cl)c(Cl)c1. The molecule has 1 aromatic carbocycles. The highest BCUT2D eigenvalue weighted by atomic mass is 35.5. The van der Waals surface area contributed by atoms with Gasteiger partial charge in [0.25, 0.3) is 0 Å². The van der Waals surface area contributed by atoms with Crippen molar-refractivity contribution in [2.45, 2.75) is 46.1 Å². The maximum atomic E-state index is 12.6. The quantitative estimate of drug-likeness (QED) is 0.730. The molecule has 0 aromatic heterocycles. The van der Waals surface area contributed by atoms with Crippen LogP contribution < -0.4 is 0 Å². The van der Waals surface area contributed by atoms with Gasteiger partial charge in [-0.05, 0) is 62.4 Å². The van der Waals surface area contributed by atoms with E-state index >= 15 is 0 Å². The molecule has 0 aliphatic carbocycles. The van der Waals surface area contributed by atoms with Crippen molar-refractivity contribution < 1.29 is 4.79 Å². The first-order chi connectivity index (χ1) is 11.6. The van der Waals surface area contributed by atoms with Gasteiger partial charge in [-0.25, -0.2) is 0 Å². The van der Waals surface area contributed by atoms with Crippen LogP contribution in [0, 0.1) is 11.3 Å². The van der Waals surface area contributed by atoms with Crippen LogP contribution in [-0.4, -0.2) is 48.9 Å². The largest absolute Gasteiger partial charge is 0.345 e. The van der Waals surface area contributed by atoms with E-state index in [1.165, 1.54) is 6.42 Å². The van der Waals surface area contributed by atoms with E-state index in [0.29, 0.717) is 28.4 Å². The van der Waals surface area contributed by atoms with Gasteiger partial charge in [0.1, 0.15) is 0 Å². The standard InChI is InChI=1S/C20H30Cl2N2O/c1-14-8-10-23(4)15(2)20(14,3)9-11-24(5)19(25)13-16-6-7-17(21)18(22)12-16/h6-7,12,14-15H,8-11,13H2,1-5H3/t14-,15+,20-/m1/s1. The highest BCUT2D eigenvalue weighted by Crippen LogP contribution is 2.42. The highest BCUT2D eigenvalue weighted by Gasteiger charge is 2.41. The summed E-state index contributed by atoms with van der Waals surface area (Å²) in [6.45, 7) is 8.96. The fraction of sp³-hybridized carbons (Fsp3) is 0.650. The van der Waals surface area contributed by atoms with Crippen LogP contribution in [0.5, 0.6) is 0 Å². The zero-order valence-corrected chi connectivity index (χ0v) is 17.5. The van der Waals surface area contributed by atoms with Gasteiger partial charge in [-0.15, -0.1) is 0 Å². The summed E-state index contributed by atoms with van der Waals surface area (Å²) in [7, 11) is 4.10. The molecule has 1 amide bonds. The number of piperidine rings is 1. The number of carbonyl (C=O) groups excluding carboxylic acids is 1. The molecular weight excluding hydrogens is 355 g/mol. The monoisotopic (exact) mass is 384 g/mol. The number of hydrogen-bond donors (Lipinski definition) is 0. The summed E-state index contributed by atoms with van der Waals surface area (Å²) in [6.07, 6.45) is 2.59. The zero-order valence-electron chi connectivity index (χ0n) is 16.0. The number of amides is 1. The Bertz CT molecular complexity index is 622. The third kappa shape index (κ3) is 4.69. The van der Waals surface area contributed by atoms with Crippen LogP contribution in [-0.2, 0) is 11.2 Å². The molecule has 140 valence electrons. The van der Waals surface area contributed by atoms with Gasteiger partial charge < -0.3 is 9.80 Å². The lowest BCUT2D eigenvalue weighted by Gasteiger charge is -2.50. The molecule has 1 heterocycles. The van der Waals surface area contributed by atoms with E-state index < -0.39 is 0 Å². The molecule has 0 spiro atoms. The van der Waals surface area contributed by atoms with Crippen molar-refractivity contribution in [2.24, 2.45) is 11.3 Å². The summed E-state index contributed by atoms with van der Waals surface area (Å²) < 4.78 is 0. The maximum absolute atomic E-state index is 12.6. The summed E-state index contributed by atoms with van der Waals surface area (Å²) in [5.74, 6) is 0.781. The van der Waals surface area contributed by atoms with Crippen LogP contribution in [0.2, 0.25) is 10.0 Å². The number of halogens is 2. The molecule has 1 aliphatic rings. The van der Waals surface area contributed by atoms with Crippen molar-refractivity contribution >= 4 is 29.1 Å². The Labute approximate surface area is 162 Å². The Morgan fingerprint density at radius 3 is 2.64 bits per heavy atom. The minimum atomic E-state index is 0.117. The van der Waals surface area contributed by atoms with E-state index in [9.17, 15) is 4.79 Å². The van der Waals surface area contributed by atoms with E-state index in [0.717, 1.165) is 25.1 Å². The van der Waals surface area contributed by atoms with Gasteiger partial charge >= 0.3 is 0 Å². The summed E-state index contributed by atoms with van der Waals surface area (Å²) >= 11 is 12.0. The number of likely N-dealkylation sites (N-methyl/N-ethyl adjacent to an activating group) is 1. The molecule has 0 N–H and O–H groups in total. The van der Waals surface area contributed by atoms with Gasteiger partial charge in [-0.1, -0.05) is 43.1 Å². The number of nitrogens with zero attached hydrogens (tertiary/aromatic N) is 2. The molecule has 3 nitrogen and oxygen atoms in total. The Kier molecular flexibility index (Phi) is 6.80. The van der Waals surface area contributed by atoms with E-state index in [2.05, 4.69) is 32.7 Å². The summed E-state index contributed by atoms with van der Waals surface area (Å²) in [5, 5.41) is 1.01. The van der Waals surface area contributed by atoms with Crippen LogP contribution in [0.25, 0.3) is 0 Å². The van der Waals surface area contributed by atoms with Crippen LogP contribution in [0.3, 0.4) is 0 Å². The number of likely N-dealkylation sites (tertiary alicyclic amines) is 1. The number of rotatable bonds is 5. The van der Waals surface area contributed by atoms with E-state index in [1.54, 1.807) is 12.1 Å². The lowest BCUT2D eigenvalue weighted by molar-refractivity contribution is -0.130. The molecular formula is C20H30Cl2N2O. The van der Waals surface area contributed by atoms with Gasteiger partial charge in [0.15, 0.2) is 0 Å². The minimum absolute atomic E-state index is 0.117. The average Bonchev–Trinajstić information content (AvgIpc) is 2.58. The molecule has 0 bridgehead atoms. The first-order valence-electron chi connectivity index (χ1n) is 9.03. The Hall–Kier alpha value is -0.770. The fourth-order valence-corrected chi connectivity index (χ4v) is 4.10. The third-order valence-electron chi connectivity index (χ3n) is 6.41. The minimum Gasteiger partial charge on any atom is -0.345 e. The third-order valence-corrected chi connectivity index (χ3v) is 7.15. The van der Waals surface area contributed by atoms with Gasteiger partial charge in [-0.3, -0.25) is 4.79 Å². The molecule has 0 unspecified atom stereocenters. The smallest absolute Gasteiger partial charge is 0.226 e. The van der Waals surface area contributed by atoms with Crippen LogP contribution in [0.15, 0.2) is 18.2 Å². The van der Waals surface area contributed by atoms with E-state index in [1.807, 2.05) is 18.0 Å². The molecule has 2 rings (SSSR count). The van der Waals surface area contributed by atoms with Crippen molar-refractivity contribution in [3.05, 3.63) is 33.8 Å². The predicted octanol–water partition coefficient (Wildman–Crippen LogP) is 4.75. The molecule has 0 radical (unpaired) electrons. The van der Waals surface area contributed by atoms with E-state index in [4.69, 9.17) is 23.2 Å². The van der Waals surface area contributed by atoms with Crippen molar-refractivity contribution in [1.29, 1.82) is 0 Å². The van der Waals surface area contributed by atoms with Gasteiger partial charge in [0.05, 0.1) is 16.5 Å². The summed E-state index contributed by atoms with van der Waals surface area (Å²) in [5.41, 5.74) is 1.13. The van der Waals surface area contributed by atoms with Crippen molar-refractivity contribution in [2.75, 3.05) is 27.2 Å². The first-order valence-corrected chi connectivity index (χ1v) is 9.79. The van der Waals surface area contributed by atoms with Crippen molar-refractivity contribution in [3.8, 4) is 0 Å². The van der Waals surface area contributed by atoms with E-state index in [-0.39, 0.29) is 11.3 Å². The molecule has 1 aromatic rings. The van der Waals surface area contributed by atoms with Crippen molar-refractivity contribution in [3.63, 3.8) is 0 Å². The number of carbonyl (C=O) groups is 1. The second-order valence-corrected chi connectivity index (χ2v) is 8.66. The Morgan fingerprint density at radius 1 is 1.32 bits per heavy atom.